The van der Waals surface area contributed by atoms with Crippen molar-refractivity contribution in [2.45, 2.75) is 56.9 Å². The Balaban J connectivity index is 1.73. The lowest BCUT2D eigenvalue weighted by Gasteiger charge is -2.31. The highest BCUT2D eigenvalue weighted by molar-refractivity contribution is 9.10. The molecule has 1 unspecified atom stereocenters. The first-order valence-corrected chi connectivity index (χ1v) is 8.61. The number of hydrogen-bond acceptors (Lipinski definition) is 1. The first-order valence-electron chi connectivity index (χ1n) is 7.82. The molecule has 0 amide bonds. The first-order chi connectivity index (χ1) is 9.33. The Morgan fingerprint density at radius 1 is 1.11 bits per heavy atom. The van der Waals surface area contributed by atoms with Gasteiger partial charge in [0.25, 0.3) is 0 Å². The van der Waals surface area contributed by atoms with Gasteiger partial charge in [-0.15, -0.1) is 0 Å². The van der Waals surface area contributed by atoms with E-state index in [0.29, 0.717) is 5.92 Å². The van der Waals surface area contributed by atoms with Gasteiger partial charge in [-0.25, -0.2) is 0 Å². The van der Waals surface area contributed by atoms with Gasteiger partial charge in [-0.1, -0.05) is 47.3 Å². The maximum Gasteiger partial charge on any atom is 0.0178 e. The Hall–Kier alpha value is -0.340. The number of hydrogen-bond donors (Lipinski definition) is 1. The number of nitrogens with one attached hydrogen (secondary N) is 1. The SMILES string of the molecule is Brc1cccc(C(CNC2CC2)C2CCCCC2)c1. The molecule has 1 aromatic rings. The summed E-state index contributed by atoms with van der Waals surface area (Å²) in [5.74, 6) is 1.59. The molecular weight excluding hydrogens is 298 g/mol. The molecule has 19 heavy (non-hydrogen) atoms. The molecule has 2 heteroatoms. The molecule has 0 radical (unpaired) electrons. The number of rotatable bonds is 5. The van der Waals surface area contributed by atoms with Crippen molar-refractivity contribution in [1.29, 1.82) is 0 Å². The highest BCUT2D eigenvalue weighted by Gasteiger charge is 2.28. The van der Waals surface area contributed by atoms with Crippen LogP contribution in [-0.2, 0) is 0 Å². The van der Waals surface area contributed by atoms with Crippen molar-refractivity contribution in [3.05, 3.63) is 34.3 Å². The van der Waals surface area contributed by atoms with Crippen LogP contribution in [-0.4, -0.2) is 12.6 Å². The summed E-state index contributed by atoms with van der Waals surface area (Å²) in [6.07, 6.45) is 9.91. The van der Waals surface area contributed by atoms with Gasteiger partial charge in [0.2, 0.25) is 0 Å². The van der Waals surface area contributed by atoms with E-state index in [0.717, 1.165) is 12.0 Å². The maximum absolute atomic E-state index is 3.76. The quantitative estimate of drug-likeness (QED) is 0.816. The topological polar surface area (TPSA) is 12.0 Å². The van der Waals surface area contributed by atoms with E-state index in [2.05, 4.69) is 45.5 Å². The standard InChI is InChI=1S/C17H24BrN/c18-15-8-4-7-14(11-15)17(12-19-16-9-10-16)13-5-2-1-3-6-13/h4,7-8,11,13,16-17,19H,1-3,5-6,9-10,12H2. The van der Waals surface area contributed by atoms with Crippen molar-refractivity contribution in [3.63, 3.8) is 0 Å². The normalized spacial score (nSPS) is 22.4. The van der Waals surface area contributed by atoms with Gasteiger partial charge < -0.3 is 5.32 Å². The molecule has 2 fully saturated rings. The zero-order chi connectivity index (χ0) is 13.1. The van der Waals surface area contributed by atoms with E-state index in [4.69, 9.17) is 0 Å². The van der Waals surface area contributed by atoms with E-state index in [1.807, 2.05) is 0 Å². The third-order valence-electron chi connectivity index (χ3n) is 4.70. The lowest BCUT2D eigenvalue weighted by Crippen LogP contribution is -2.29. The molecule has 0 aromatic heterocycles. The van der Waals surface area contributed by atoms with E-state index >= 15 is 0 Å². The minimum atomic E-state index is 0.707. The molecule has 3 rings (SSSR count). The predicted octanol–water partition coefficient (Wildman–Crippen LogP) is 4.87. The first kappa shape index (κ1) is 13.6. The third kappa shape index (κ3) is 3.82. The van der Waals surface area contributed by atoms with Crippen molar-refractivity contribution in [2.75, 3.05) is 6.54 Å². The Morgan fingerprint density at radius 3 is 2.58 bits per heavy atom. The predicted molar refractivity (Wildman–Crippen MR) is 84.5 cm³/mol. The molecule has 1 N–H and O–H groups in total. The van der Waals surface area contributed by atoms with Crippen molar-refractivity contribution >= 4 is 15.9 Å². The van der Waals surface area contributed by atoms with E-state index in [-0.39, 0.29) is 0 Å². The second-order valence-corrected chi connectivity index (χ2v) is 7.16. The molecule has 0 spiro atoms. The molecule has 104 valence electrons. The Kier molecular flexibility index (Phi) is 4.60. The fraction of sp³-hybridized carbons (Fsp3) is 0.647. The maximum atomic E-state index is 3.76. The largest absolute Gasteiger partial charge is 0.313 e. The van der Waals surface area contributed by atoms with Crippen molar-refractivity contribution in [3.8, 4) is 0 Å². The second kappa shape index (κ2) is 6.41. The molecular formula is C17H24BrN. The van der Waals surface area contributed by atoms with E-state index in [1.165, 1.54) is 61.5 Å². The summed E-state index contributed by atoms with van der Waals surface area (Å²) in [5.41, 5.74) is 1.52. The number of halogens is 1. The third-order valence-corrected chi connectivity index (χ3v) is 5.19. The zero-order valence-electron chi connectivity index (χ0n) is 11.6. The van der Waals surface area contributed by atoms with Crippen LogP contribution < -0.4 is 5.32 Å². The molecule has 0 bridgehead atoms. The van der Waals surface area contributed by atoms with Crippen LogP contribution in [0, 0.1) is 5.92 Å². The van der Waals surface area contributed by atoms with Crippen LogP contribution in [0.1, 0.15) is 56.4 Å². The van der Waals surface area contributed by atoms with E-state index in [9.17, 15) is 0 Å². The minimum Gasteiger partial charge on any atom is -0.313 e. The fourth-order valence-electron chi connectivity index (χ4n) is 3.41. The van der Waals surface area contributed by atoms with Gasteiger partial charge in [0.05, 0.1) is 0 Å². The van der Waals surface area contributed by atoms with Gasteiger partial charge in [0.1, 0.15) is 0 Å². The van der Waals surface area contributed by atoms with Gasteiger partial charge in [-0.2, -0.15) is 0 Å². The van der Waals surface area contributed by atoms with Gasteiger partial charge in [0, 0.05) is 17.1 Å². The monoisotopic (exact) mass is 321 g/mol. The van der Waals surface area contributed by atoms with Gasteiger partial charge in [0.15, 0.2) is 0 Å². The molecule has 2 aliphatic carbocycles. The number of benzene rings is 1. The summed E-state index contributed by atoms with van der Waals surface area (Å²) < 4.78 is 1.22. The molecule has 2 saturated carbocycles. The summed E-state index contributed by atoms with van der Waals surface area (Å²) in [6.45, 7) is 1.17. The Labute approximate surface area is 125 Å². The molecule has 1 atom stereocenters. The van der Waals surface area contributed by atoms with Crippen LogP contribution in [0.5, 0.6) is 0 Å². The van der Waals surface area contributed by atoms with Gasteiger partial charge >= 0.3 is 0 Å². The van der Waals surface area contributed by atoms with Crippen molar-refractivity contribution < 1.29 is 0 Å². The van der Waals surface area contributed by atoms with Crippen LogP contribution in [0.25, 0.3) is 0 Å². The van der Waals surface area contributed by atoms with Crippen molar-refractivity contribution in [1.82, 2.24) is 5.32 Å². The molecule has 2 aliphatic rings. The average Bonchev–Trinajstić information content (AvgIpc) is 3.25. The Bertz CT molecular complexity index is 407. The molecule has 0 aliphatic heterocycles. The fourth-order valence-corrected chi connectivity index (χ4v) is 3.83. The van der Waals surface area contributed by atoms with Crippen LogP contribution in [0.3, 0.4) is 0 Å². The van der Waals surface area contributed by atoms with Crippen LogP contribution in [0.15, 0.2) is 28.7 Å². The van der Waals surface area contributed by atoms with Crippen LogP contribution in [0.2, 0.25) is 0 Å². The molecule has 1 nitrogen and oxygen atoms in total. The summed E-state index contributed by atoms with van der Waals surface area (Å²) in [7, 11) is 0. The van der Waals surface area contributed by atoms with E-state index in [1.54, 1.807) is 0 Å². The Morgan fingerprint density at radius 2 is 1.89 bits per heavy atom. The smallest absolute Gasteiger partial charge is 0.0178 e. The highest BCUT2D eigenvalue weighted by Crippen LogP contribution is 2.37. The summed E-state index contributed by atoms with van der Waals surface area (Å²) in [6, 6.07) is 9.78. The molecule has 0 heterocycles. The van der Waals surface area contributed by atoms with Crippen molar-refractivity contribution in [2.24, 2.45) is 5.92 Å². The summed E-state index contributed by atoms with van der Waals surface area (Å²) in [4.78, 5) is 0. The van der Waals surface area contributed by atoms with Crippen LogP contribution in [0.4, 0.5) is 0 Å². The summed E-state index contributed by atoms with van der Waals surface area (Å²) in [5, 5.41) is 3.76. The molecule has 0 saturated heterocycles. The highest BCUT2D eigenvalue weighted by atomic mass is 79.9. The van der Waals surface area contributed by atoms with E-state index < -0.39 is 0 Å². The second-order valence-electron chi connectivity index (χ2n) is 6.24. The lowest BCUT2D eigenvalue weighted by molar-refractivity contribution is 0.296. The minimum absolute atomic E-state index is 0.707. The zero-order valence-corrected chi connectivity index (χ0v) is 13.2. The summed E-state index contributed by atoms with van der Waals surface area (Å²) >= 11 is 3.63. The molecule has 1 aromatic carbocycles. The van der Waals surface area contributed by atoms with Gasteiger partial charge in [-0.3, -0.25) is 0 Å². The van der Waals surface area contributed by atoms with Gasteiger partial charge in [-0.05, 0) is 55.2 Å². The lowest BCUT2D eigenvalue weighted by atomic mass is 9.77. The average molecular weight is 322 g/mol. The van der Waals surface area contributed by atoms with Crippen LogP contribution >= 0.6 is 15.9 Å².